The van der Waals surface area contributed by atoms with Crippen molar-refractivity contribution >= 4 is 5.91 Å². The van der Waals surface area contributed by atoms with Gasteiger partial charge in [-0.25, -0.2) is 0 Å². The smallest absolute Gasteiger partial charge is 0.223 e. The lowest BCUT2D eigenvalue weighted by molar-refractivity contribution is -0.130. The number of fused-ring (bicyclic) bond motifs is 1. The minimum atomic E-state index is 0.0348. The fourth-order valence-electron chi connectivity index (χ4n) is 3.68. The van der Waals surface area contributed by atoms with Crippen molar-refractivity contribution in [1.29, 1.82) is 0 Å². The Hall–Kier alpha value is -3.27. The second kappa shape index (κ2) is 8.82. The van der Waals surface area contributed by atoms with E-state index in [1.807, 2.05) is 61.6 Å². The van der Waals surface area contributed by atoms with Crippen LogP contribution in [0, 0.1) is 0 Å². The van der Waals surface area contributed by atoms with Crippen LogP contribution in [0.4, 0.5) is 0 Å². The first-order chi connectivity index (χ1) is 14.2. The Labute approximate surface area is 171 Å². The summed E-state index contributed by atoms with van der Waals surface area (Å²) in [6.45, 7) is 1.66. The largest absolute Gasteiger partial charge is 0.486 e. The van der Waals surface area contributed by atoms with Crippen LogP contribution in [0.15, 0.2) is 78.9 Å². The Bertz CT molecular complexity index is 917. The molecule has 1 aliphatic heterocycles. The first-order valence-electron chi connectivity index (χ1n) is 9.93. The van der Waals surface area contributed by atoms with E-state index in [9.17, 15) is 4.79 Å². The van der Waals surface area contributed by atoms with Gasteiger partial charge in [-0.2, -0.15) is 0 Å². The van der Waals surface area contributed by atoms with Gasteiger partial charge in [0.2, 0.25) is 5.91 Å². The second-order valence-electron chi connectivity index (χ2n) is 7.31. The third-order valence-corrected chi connectivity index (χ3v) is 5.23. The summed E-state index contributed by atoms with van der Waals surface area (Å²) in [5, 5.41) is 0. The molecule has 0 radical (unpaired) electrons. The Balaban J connectivity index is 1.48. The summed E-state index contributed by atoms with van der Waals surface area (Å²) in [7, 11) is 1.85. The predicted octanol–water partition coefficient (Wildman–Crippen LogP) is 4.64. The maximum absolute atomic E-state index is 13.1. The molecule has 0 N–H and O–H groups in total. The molecule has 29 heavy (non-hydrogen) atoms. The highest BCUT2D eigenvalue weighted by Crippen LogP contribution is 2.32. The molecular weight excluding hydrogens is 362 g/mol. The lowest BCUT2D eigenvalue weighted by Crippen LogP contribution is -2.28. The van der Waals surface area contributed by atoms with Crippen LogP contribution in [0.25, 0.3) is 0 Å². The van der Waals surface area contributed by atoms with E-state index in [1.165, 1.54) is 0 Å². The summed E-state index contributed by atoms with van der Waals surface area (Å²) < 4.78 is 11.2. The standard InChI is InChI=1S/C25H25NO3/c1-26(18-19-12-13-23-24(16-19)29-15-14-28-23)25(27)17-22(20-8-4-2-5-9-20)21-10-6-3-7-11-21/h2-13,16,22H,14-15,17-18H2,1H3. The highest BCUT2D eigenvalue weighted by atomic mass is 16.6. The fourth-order valence-corrected chi connectivity index (χ4v) is 3.68. The van der Waals surface area contributed by atoms with E-state index in [-0.39, 0.29) is 11.8 Å². The van der Waals surface area contributed by atoms with Gasteiger partial charge in [0.25, 0.3) is 0 Å². The number of nitrogens with zero attached hydrogens (tertiary/aromatic N) is 1. The molecule has 4 rings (SSSR count). The summed E-state index contributed by atoms with van der Waals surface area (Å²) in [5.41, 5.74) is 3.33. The number of amides is 1. The molecular formula is C25H25NO3. The topological polar surface area (TPSA) is 38.8 Å². The Morgan fingerprint density at radius 3 is 2.07 bits per heavy atom. The number of benzene rings is 3. The van der Waals surface area contributed by atoms with E-state index in [4.69, 9.17) is 9.47 Å². The van der Waals surface area contributed by atoms with Crippen LogP contribution in [0.5, 0.6) is 11.5 Å². The quantitative estimate of drug-likeness (QED) is 0.619. The van der Waals surface area contributed by atoms with Gasteiger partial charge in [0.15, 0.2) is 11.5 Å². The van der Waals surface area contributed by atoms with Gasteiger partial charge >= 0.3 is 0 Å². The summed E-state index contributed by atoms with van der Waals surface area (Å²) in [5.74, 6) is 1.66. The molecule has 3 aromatic rings. The molecule has 0 aromatic heterocycles. The van der Waals surface area contributed by atoms with Gasteiger partial charge in [0, 0.05) is 25.9 Å². The third-order valence-electron chi connectivity index (χ3n) is 5.23. The lowest BCUT2D eigenvalue weighted by atomic mass is 9.88. The summed E-state index contributed by atoms with van der Waals surface area (Å²) in [6.07, 6.45) is 0.426. The van der Waals surface area contributed by atoms with Crippen molar-refractivity contribution in [3.05, 3.63) is 95.6 Å². The van der Waals surface area contributed by atoms with Crippen molar-refractivity contribution in [3.8, 4) is 11.5 Å². The average molecular weight is 387 g/mol. The monoisotopic (exact) mass is 387 g/mol. The molecule has 0 atom stereocenters. The first kappa shape index (κ1) is 19.1. The number of carbonyl (C=O) groups excluding carboxylic acids is 1. The molecule has 0 unspecified atom stereocenters. The van der Waals surface area contributed by atoms with Gasteiger partial charge in [-0.3, -0.25) is 4.79 Å². The molecule has 1 heterocycles. The maximum Gasteiger partial charge on any atom is 0.223 e. The molecule has 3 aromatic carbocycles. The molecule has 0 aliphatic carbocycles. The van der Waals surface area contributed by atoms with Crippen molar-refractivity contribution in [1.82, 2.24) is 4.90 Å². The van der Waals surface area contributed by atoms with Gasteiger partial charge in [0.1, 0.15) is 13.2 Å². The Morgan fingerprint density at radius 1 is 0.862 bits per heavy atom. The predicted molar refractivity (Wildman–Crippen MR) is 113 cm³/mol. The first-order valence-corrected chi connectivity index (χ1v) is 9.93. The lowest BCUT2D eigenvalue weighted by Gasteiger charge is -2.24. The van der Waals surface area contributed by atoms with E-state index in [1.54, 1.807) is 4.90 Å². The van der Waals surface area contributed by atoms with Crippen LogP contribution < -0.4 is 9.47 Å². The number of carbonyl (C=O) groups is 1. The zero-order valence-corrected chi connectivity index (χ0v) is 16.6. The third kappa shape index (κ3) is 4.60. The van der Waals surface area contributed by atoms with Gasteiger partial charge in [-0.1, -0.05) is 66.7 Å². The van der Waals surface area contributed by atoms with Gasteiger partial charge < -0.3 is 14.4 Å². The molecule has 0 spiro atoms. The van der Waals surface area contributed by atoms with Crippen LogP contribution in [0.2, 0.25) is 0 Å². The van der Waals surface area contributed by atoms with Crippen molar-refractivity contribution in [2.45, 2.75) is 18.9 Å². The Kier molecular flexibility index (Phi) is 5.80. The number of rotatable bonds is 6. The van der Waals surface area contributed by atoms with Crippen LogP contribution in [-0.2, 0) is 11.3 Å². The zero-order valence-electron chi connectivity index (χ0n) is 16.6. The molecule has 0 saturated carbocycles. The van der Waals surface area contributed by atoms with Crippen LogP contribution in [0.3, 0.4) is 0 Å². The van der Waals surface area contributed by atoms with Gasteiger partial charge in [-0.05, 0) is 28.8 Å². The highest BCUT2D eigenvalue weighted by Gasteiger charge is 2.21. The number of hydrogen-bond acceptors (Lipinski definition) is 3. The molecule has 1 aliphatic rings. The summed E-state index contributed by atoms with van der Waals surface area (Å²) in [6, 6.07) is 26.3. The number of hydrogen-bond donors (Lipinski definition) is 0. The zero-order chi connectivity index (χ0) is 20.1. The SMILES string of the molecule is CN(Cc1ccc2c(c1)OCCO2)C(=O)CC(c1ccccc1)c1ccccc1. The molecule has 0 fully saturated rings. The molecule has 0 bridgehead atoms. The molecule has 0 saturated heterocycles. The van der Waals surface area contributed by atoms with Crippen LogP contribution in [-0.4, -0.2) is 31.1 Å². The van der Waals surface area contributed by atoms with Crippen LogP contribution in [0.1, 0.15) is 29.0 Å². The number of ether oxygens (including phenoxy) is 2. The fraction of sp³-hybridized carbons (Fsp3) is 0.240. The van der Waals surface area contributed by atoms with E-state index >= 15 is 0 Å². The normalized spacial score (nSPS) is 12.6. The van der Waals surface area contributed by atoms with E-state index in [0.717, 1.165) is 28.2 Å². The van der Waals surface area contributed by atoms with E-state index < -0.39 is 0 Å². The molecule has 4 heteroatoms. The molecule has 4 nitrogen and oxygen atoms in total. The van der Waals surface area contributed by atoms with Gasteiger partial charge in [-0.15, -0.1) is 0 Å². The molecule has 148 valence electrons. The van der Waals surface area contributed by atoms with Gasteiger partial charge in [0.05, 0.1) is 0 Å². The average Bonchev–Trinajstić information content (AvgIpc) is 2.78. The second-order valence-corrected chi connectivity index (χ2v) is 7.31. The highest BCUT2D eigenvalue weighted by molar-refractivity contribution is 5.77. The van der Waals surface area contributed by atoms with E-state index in [0.29, 0.717) is 26.2 Å². The van der Waals surface area contributed by atoms with Crippen LogP contribution >= 0.6 is 0 Å². The molecule has 1 amide bonds. The summed E-state index contributed by atoms with van der Waals surface area (Å²) in [4.78, 5) is 14.8. The minimum absolute atomic E-state index is 0.0348. The maximum atomic E-state index is 13.1. The Morgan fingerprint density at radius 2 is 1.45 bits per heavy atom. The van der Waals surface area contributed by atoms with Crippen molar-refractivity contribution < 1.29 is 14.3 Å². The van der Waals surface area contributed by atoms with E-state index in [2.05, 4.69) is 24.3 Å². The summed E-state index contributed by atoms with van der Waals surface area (Å²) >= 11 is 0. The minimum Gasteiger partial charge on any atom is -0.486 e. The van der Waals surface area contributed by atoms with Crippen molar-refractivity contribution in [2.75, 3.05) is 20.3 Å². The van der Waals surface area contributed by atoms with Crippen molar-refractivity contribution in [2.24, 2.45) is 0 Å². The van der Waals surface area contributed by atoms with Crippen molar-refractivity contribution in [3.63, 3.8) is 0 Å².